The Hall–Kier alpha value is -2.86. The molecule has 3 aromatic rings. The minimum atomic E-state index is -0.267. The molecule has 0 aliphatic carbocycles. The number of anilines is 1. The summed E-state index contributed by atoms with van der Waals surface area (Å²) >= 11 is 6.04. The lowest BCUT2D eigenvalue weighted by atomic mass is 10.2. The van der Waals surface area contributed by atoms with Crippen molar-refractivity contribution in [3.63, 3.8) is 0 Å². The Morgan fingerprint density at radius 1 is 1.16 bits per heavy atom. The highest BCUT2D eigenvalue weighted by atomic mass is 35.5. The van der Waals surface area contributed by atoms with Crippen LogP contribution in [0.25, 0.3) is 11.5 Å². The van der Waals surface area contributed by atoms with E-state index in [4.69, 9.17) is 20.8 Å². The van der Waals surface area contributed by atoms with E-state index in [1.165, 1.54) is 0 Å². The summed E-state index contributed by atoms with van der Waals surface area (Å²) in [5, 5.41) is 11.1. The van der Waals surface area contributed by atoms with E-state index in [1.807, 2.05) is 13.0 Å². The van der Waals surface area contributed by atoms with Crippen molar-refractivity contribution in [3.8, 4) is 17.2 Å². The van der Waals surface area contributed by atoms with Crippen molar-refractivity contribution >= 4 is 23.2 Å². The van der Waals surface area contributed by atoms with E-state index in [9.17, 15) is 4.79 Å². The van der Waals surface area contributed by atoms with Crippen molar-refractivity contribution in [2.45, 2.75) is 13.8 Å². The lowest BCUT2D eigenvalue weighted by Gasteiger charge is -2.08. The summed E-state index contributed by atoms with van der Waals surface area (Å²) in [5.41, 5.74) is 2.37. The summed E-state index contributed by atoms with van der Waals surface area (Å²) in [6, 6.07) is 12.4. The summed E-state index contributed by atoms with van der Waals surface area (Å²) in [6.07, 6.45) is 0. The summed E-state index contributed by atoms with van der Waals surface area (Å²) in [5.74, 6) is 1.25. The normalized spacial score (nSPS) is 10.5. The van der Waals surface area contributed by atoms with Crippen LogP contribution in [0.2, 0.25) is 5.02 Å². The molecular formula is C18H16ClN3O3. The zero-order valence-corrected chi connectivity index (χ0v) is 14.5. The van der Waals surface area contributed by atoms with Gasteiger partial charge in [0, 0.05) is 23.2 Å². The Labute approximate surface area is 149 Å². The van der Waals surface area contributed by atoms with Gasteiger partial charge in [-0.1, -0.05) is 17.7 Å². The monoisotopic (exact) mass is 357 g/mol. The van der Waals surface area contributed by atoms with Gasteiger partial charge in [-0.2, -0.15) is 0 Å². The van der Waals surface area contributed by atoms with Crippen LogP contribution in [0, 0.1) is 13.8 Å². The van der Waals surface area contributed by atoms with Gasteiger partial charge in [-0.3, -0.25) is 4.79 Å². The molecular weight excluding hydrogens is 342 g/mol. The summed E-state index contributed by atoms with van der Waals surface area (Å²) in [6.45, 7) is 3.52. The van der Waals surface area contributed by atoms with Crippen LogP contribution in [-0.4, -0.2) is 22.7 Å². The molecule has 0 radical (unpaired) electrons. The van der Waals surface area contributed by atoms with Crippen LogP contribution < -0.4 is 10.1 Å². The zero-order valence-electron chi connectivity index (χ0n) is 13.7. The first-order valence-corrected chi connectivity index (χ1v) is 7.98. The van der Waals surface area contributed by atoms with Crippen LogP contribution in [0.15, 0.2) is 46.9 Å². The molecule has 3 rings (SSSR count). The van der Waals surface area contributed by atoms with Gasteiger partial charge >= 0.3 is 0 Å². The smallest absolute Gasteiger partial charge is 0.262 e. The number of carbonyl (C=O) groups excluding carboxylic acids is 1. The average molecular weight is 358 g/mol. The van der Waals surface area contributed by atoms with Crippen molar-refractivity contribution in [1.29, 1.82) is 0 Å². The Morgan fingerprint density at radius 3 is 2.56 bits per heavy atom. The van der Waals surface area contributed by atoms with Crippen molar-refractivity contribution in [1.82, 2.24) is 10.2 Å². The molecule has 0 spiro atoms. The van der Waals surface area contributed by atoms with E-state index in [0.29, 0.717) is 28.2 Å². The summed E-state index contributed by atoms with van der Waals surface area (Å²) in [7, 11) is 0. The van der Waals surface area contributed by atoms with Gasteiger partial charge in [-0.05, 0) is 48.9 Å². The molecule has 1 heterocycles. The number of halogens is 1. The maximum Gasteiger partial charge on any atom is 0.262 e. The molecule has 1 aromatic heterocycles. The second-order valence-corrected chi connectivity index (χ2v) is 5.86. The van der Waals surface area contributed by atoms with E-state index in [1.54, 1.807) is 43.3 Å². The van der Waals surface area contributed by atoms with Gasteiger partial charge < -0.3 is 14.5 Å². The second-order valence-electron chi connectivity index (χ2n) is 5.45. The third-order valence-electron chi connectivity index (χ3n) is 3.45. The van der Waals surface area contributed by atoms with Crippen LogP contribution in [0.4, 0.5) is 5.69 Å². The zero-order chi connectivity index (χ0) is 17.8. The second kappa shape index (κ2) is 7.36. The van der Waals surface area contributed by atoms with Crippen molar-refractivity contribution in [3.05, 3.63) is 58.9 Å². The van der Waals surface area contributed by atoms with Gasteiger partial charge in [0.05, 0.1) is 0 Å². The van der Waals surface area contributed by atoms with Gasteiger partial charge in [-0.15, -0.1) is 10.2 Å². The maximum absolute atomic E-state index is 12.0. The van der Waals surface area contributed by atoms with Crippen LogP contribution in [0.3, 0.4) is 0 Å². The van der Waals surface area contributed by atoms with Gasteiger partial charge in [0.25, 0.3) is 5.91 Å². The lowest BCUT2D eigenvalue weighted by Crippen LogP contribution is -2.20. The minimum absolute atomic E-state index is 0.107. The number of aryl methyl sites for hydroxylation is 2. The van der Waals surface area contributed by atoms with E-state index in [-0.39, 0.29) is 12.5 Å². The van der Waals surface area contributed by atoms with Crippen molar-refractivity contribution in [2.24, 2.45) is 0 Å². The number of amides is 1. The first-order valence-electron chi connectivity index (χ1n) is 7.60. The number of hydrogen-bond acceptors (Lipinski definition) is 5. The van der Waals surface area contributed by atoms with E-state index in [0.717, 1.165) is 11.1 Å². The molecule has 128 valence electrons. The molecule has 0 saturated carbocycles. The first-order chi connectivity index (χ1) is 12.0. The van der Waals surface area contributed by atoms with E-state index in [2.05, 4.69) is 15.5 Å². The number of carbonyl (C=O) groups is 1. The molecule has 25 heavy (non-hydrogen) atoms. The standard InChI is InChI=1S/C18H16ClN3O3/c1-11-3-6-14(9-16(11)19)20-17(23)10-24-15-7-4-13(5-8-15)18-22-21-12(2)25-18/h3-9H,10H2,1-2H3,(H,20,23). The topological polar surface area (TPSA) is 77.2 Å². The largest absolute Gasteiger partial charge is 0.484 e. The number of nitrogens with one attached hydrogen (secondary N) is 1. The third-order valence-corrected chi connectivity index (χ3v) is 3.86. The van der Waals surface area contributed by atoms with E-state index < -0.39 is 0 Å². The Morgan fingerprint density at radius 2 is 1.92 bits per heavy atom. The molecule has 0 aliphatic rings. The Bertz CT molecular complexity index is 891. The summed E-state index contributed by atoms with van der Waals surface area (Å²) < 4.78 is 10.8. The summed E-state index contributed by atoms with van der Waals surface area (Å²) in [4.78, 5) is 12.0. The molecule has 0 atom stereocenters. The molecule has 6 nitrogen and oxygen atoms in total. The van der Waals surface area contributed by atoms with Crippen molar-refractivity contribution < 1.29 is 13.9 Å². The van der Waals surface area contributed by atoms with Crippen LogP contribution >= 0.6 is 11.6 Å². The number of benzene rings is 2. The van der Waals surface area contributed by atoms with Crippen molar-refractivity contribution in [2.75, 3.05) is 11.9 Å². The average Bonchev–Trinajstić information content (AvgIpc) is 3.03. The first kappa shape index (κ1) is 17.0. The molecule has 0 saturated heterocycles. The van der Waals surface area contributed by atoms with Gasteiger partial charge in [0.1, 0.15) is 5.75 Å². The van der Waals surface area contributed by atoms with Crippen LogP contribution in [0.5, 0.6) is 5.75 Å². The molecule has 1 N–H and O–H groups in total. The fraction of sp³-hybridized carbons (Fsp3) is 0.167. The predicted molar refractivity (Wildman–Crippen MR) is 94.8 cm³/mol. The quantitative estimate of drug-likeness (QED) is 0.746. The molecule has 2 aromatic carbocycles. The fourth-order valence-corrected chi connectivity index (χ4v) is 2.30. The molecule has 0 unspecified atom stereocenters. The highest BCUT2D eigenvalue weighted by Gasteiger charge is 2.08. The molecule has 1 amide bonds. The number of hydrogen-bond donors (Lipinski definition) is 1. The lowest BCUT2D eigenvalue weighted by molar-refractivity contribution is -0.118. The number of aromatic nitrogens is 2. The van der Waals surface area contributed by atoms with Gasteiger partial charge in [-0.25, -0.2) is 0 Å². The van der Waals surface area contributed by atoms with E-state index >= 15 is 0 Å². The third kappa shape index (κ3) is 4.36. The SMILES string of the molecule is Cc1nnc(-c2ccc(OCC(=O)Nc3ccc(C)c(Cl)c3)cc2)o1. The number of rotatable bonds is 5. The van der Waals surface area contributed by atoms with Crippen LogP contribution in [0.1, 0.15) is 11.5 Å². The predicted octanol–water partition coefficient (Wildman–Crippen LogP) is 4.02. The Kier molecular flexibility index (Phi) is 5.00. The minimum Gasteiger partial charge on any atom is -0.484 e. The molecule has 0 bridgehead atoms. The van der Waals surface area contributed by atoms with Gasteiger partial charge in [0.2, 0.25) is 11.8 Å². The fourth-order valence-electron chi connectivity index (χ4n) is 2.12. The number of ether oxygens (including phenoxy) is 1. The Balaban J connectivity index is 1.55. The molecule has 0 fully saturated rings. The van der Waals surface area contributed by atoms with Gasteiger partial charge in [0.15, 0.2) is 6.61 Å². The number of nitrogens with zero attached hydrogens (tertiary/aromatic N) is 2. The highest BCUT2D eigenvalue weighted by Crippen LogP contribution is 2.22. The molecule has 7 heteroatoms. The maximum atomic E-state index is 12.0. The van der Waals surface area contributed by atoms with Crippen LogP contribution in [-0.2, 0) is 4.79 Å². The molecule has 0 aliphatic heterocycles. The highest BCUT2D eigenvalue weighted by molar-refractivity contribution is 6.31.